The maximum absolute atomic E-state index is 4.81. The van der Waals surface area contributed by atoms with Gasteiger partial charge in [0.05, 0.1) is 15.6 Å². The number of nitrogens with one attached hydrogen (secondary N) is 1. The first-order chi connectivity index (χ1) is 8.86. The Morgan fingerprint density at radius 2 is 2.06 bits per heavy atom. The molecule has 3 rings (SSSR count). The smallest absolute Gasteiger partial charge is 0.0938 e. The van der Waals surface area contributed by atoms with Gasteiger partial charge in [0.1, 0.15) is 0 Å². The summed E-state index contributed by atoms with van der Waals surface area (Å²) in [5.41, 5.74) is 2.49. The van der Waals surface area contributed by atoms with Gasteiger partial charge in [-0.3, -0.25) is 0 Å². The van der Waals surface area contributed by atoms with Crippen LogP contribution in [0.2, 0.25) is 0 Å². The van der Waals surface area contributed by atoms with Crippen molar-refractivity contribution in [3.63, 3.8) is 0 Å². The van der Waals surface area contributed by atoms with Crippen LogP contribution < -0.4 is 5.32 Å². The van der Waals surface area contributed by atoms with E-state index in [1.807, 2.05) is 18.4 Å². The Kier molecular flexibility index (Phi) is 3.43. The zero-order chi connectivity index (χ0) is 12.4. The van der Waals surface area contributed by atoms with E-state index in [-0.39, 0.29) is 0 Å². The fraction of sp³-hybridized carbons (Fsp3) is 0.400. The SMILES string of the molecule is CNCc1nc(CC2CC2)sc1-c1ccccc1. The molecular weight excluding hydrogens is 240 g/mol. The molecule has 0 amide bonds. The number of benzene rings is 1. The zero-order valence-corrected chi connectivity index (χ0v) is 11.5. The lowest BCUT2D eigenvalue weighted by atomic mass is 10.1. The van der Waals surface area contributed by atoms with E-state index < -0.39 is 0 Å². The highest BCUT2D eigenvalue weighted by atomic mass is 32.1. The van der Waals surface area contributed by atoms with Gasteiger partial charge in [-0.25, -0.2) is 4.98 Å². The van der Waals surface area contributed by atoms with E-state index in [4.69, 9.17) is 4.98 Å². The second kappa shape index (κ2) is 5.21. The number of nitrogens with zero attached hydrogens (tertiary/aromatic N) is 1. The topological polar surface area (TPSA) is 24.9 Å². The molecule has 2 aromatic rings. The van der Waals surface area contributed by atoms with Crippen molar-refractivity contribution in [2.24, 2.45) is 5.92 Å². The Hall–Kier alpha value is -1.19. The van der Waals surface area contributed by atoms with Crippen LogP contribution >= 0.6 is 11.3 Å². The predicted octanol–water partition coefficient (Wildman–Crippen LogP) is 3.48. The molecule has 18 heavy (non-hydrogen) atoms. The molecule has 1 aromatic heterocycles. The van der Waals surface area contributed by atoms with Crippen LogP contribution in [0.15, 0.2) is 30.3 Å². The largest absolute Gasteiger partial charge is 0.314 e. The fourth-order valence-corrected chi connectivity index (χ4v) is 3.36. The molecule has 0 aliphatic heterocycles. The van der Waals surface area contributed by atoms with Crippen LogP contribution in [0.3, 0.4) is 0 Å². The average Bonchev–Trinajstić information content (AvgIpc) is 3.11. The number of hydrogen-bond donors (Lipinski definition) is 1. The summed E-state index contributed by atoms with van der Waals surface area (Å²) in [4.78, 5) is 6.15. The molecule has 0 unspecified atom stereocenters. The predicted molar refractivity (Wildman–Crippen MR) is 76.7 cm³/mol. The van der Waals surface area contributed by atoms with Gasteiger partial charge in [0, 0.05) is 13.0 Å². The van der Waals surface area contributed by atoms with Gasteiger partial charge >= 0.3 is 0 Å². The first-order valence-electron chi connectivity index (χ1n) is 6.55. The van der Waals surface area contributed by atoms with E-state index in [2.05, 4.69) is 35.6 Å². The Morgan fingerprint density at radius 1 is 1.28 bits per heavy atom. The van der Waals surface area contributed by atoms with Gasteiger partial charge in [-0.1, -0.05) is 30.3 Å². The summed E-state index contributed by atoms with van der Waals surface area (Å²) in [7, 11) is 1.98. The van der Waals surface area contributed by atoms with Gasteiger partial charge in [0.2, 0.25) is 0 Å². The molecule has 1 saturated carbocycles. The molecular formula is C15H18N2S. The molecule has 94 valence electrons. The quantitative estimate of drug-likeness (QED) is 0.888. The summed E-state index contributed by atoms with van der Waals surface area (Å²) in [5.74, 6) is 0.905. The number of hydrogen-bond acceptors (Lipinski definition) is 3. The lowest BCUT2D eigenvalue weighted by Crippen LogP contribution is -2.06. The molecule has 1 fully saturated rings. The van der Waals surface area contributed by atoms with Gasteiger partial charge < -0.3 is 5.32 Å². The van der Waals surface area contributed by atoms with Gasteiger partial charge in [0.15, 0.2) is 0 Å². The Labute approximate surface area is 112 Å². The first-order valence-corrected chi connectivity index (χ1v) is 7.37. The molecule has 0 spiro atoms. The third-order valence-corrected chi connectivity index (χ3v) is 4.45. The summed E-state index contributed by atoms with van der Waals surface area (Å²) in [6, 6.07) is 10.6. The molecule has 0 atom stereocenters. The molecule has 0 saturated heterocycles. The van der Waals surface area contributed by atoms with Crippen molar-refractivity contribution < 1.29 is 0 Å². The molecule has 1 heterocycles. The highest BCUT2D eigenvalue weighted by Crippen LogP contribution is 2.37. The molecule has 2 nitrogen and oxygen atoms in total. The van der Waals surface area contributed by atoms with Crippen molar-refractivity contribution >= 4 is 11.3 Å². The second-order valence-corrected chi connectivity index (χ2v) is 6.01. The highest BCUT2D eigenvalue weighted by molar-refractivity contribution is 7.15. The van der Waals surface area contributed by atoms with E-state index in [9.17, 15) is 0 Å². The second-order valence-electron chi connectivity index (χ2n) is 4.93. The average molecular weight is 258 g/mol. The van der Waals surface area contributed by atoms with E-state index >= 15 is 0 Å². The number of thiazole rings is 1. The van der Waals surface area contributed by atoms with E-state index in [1.54, 1.807) is 0 Å². The lowest BCUT2D eigenvalue weighted by Gasteiger charge is -2.00. The van der Waals surface area contributed by atoms with Crippen molar-refractivity contribution in [1.29, 1.82) is 0 Å². The summed E-state index contributed by atoms with van der Waals surface area (Å²) in [6.07, 6.45) is 3.96. The normalized spacial score (nSPS) is 14.9. The first kappa shape index (κ1) is 11.9. The van der Waals surface area contributed by atoms with Crippen molar-refractivity contribution in [3.05, 3.63) is 41.0 Å². The van der Waals surface area contributed by atoms with Crippen LogP contribution in [-0.2, 0) is 13.0 Å². The molecule has 1 aliphatic rings. The molecule has 1 aliphatic carbocycles. The number of aromatic nitrogens is 1. The van der Waals surface area contributed by atoms with Crippen LogP contribution in [0, 0.1) is 5.92 Å². The third kappa shape index (κ3) is 2.62. The van der Waals surface area contributed by atoms with Gasteiger partial charge in [0.25, 0.3) is 0 Å². The summed E-state index contributed by atoms with van der Waals surface area (Å²) in [5, 5.41) is 4.53. The van der Waals surface area contributed by atoms with Crippen LogP contribution in [0.25, 0.3) is 10.4 Å². The van der Waals surface area contributed by atoms with E-state index in [1.165, 1.54) is 40.4 Å². The summed E-state index contributed by atoms with van der Waals surface area (Å²) in [6.45, 7) is 0.853. The highest BCUT2D eigenvalue weighted by Gasteiger charge is 2.24. The minimum atomic E-state index is 0.853. The van der Waals surface area contributed by atoms with Crippen LogP contribution in [0.1, 0.15) is 23.5 Å². The molecule has 0 radical (unpaired) electrons. The fourth-order valence-electron chi connectivity index (χ4n) is 2.16. The molecule has 0 bridgehead atoms. The van der Waals surface area contributed by atoms with Crippen molar-refractivity contribution in [2.45, 2.75) is 25.8 Å². The van der Waals surface area contributed by atoms with E-state index in [0.717, 1.165) is 12.5 Å². The van der Waals surface area contributed by atoms with Crippen molar-refractivity contribution in [2.75, 3.05) is 7.05 Å². The Morgan fingerprint density at radius 3 is 2.72 bits per heavy atom. The van der Waals surface area contributed by atoms with Gasteiger partial charge in [-0.2, -0.15) is 0 Å². The molecule has 3 heteroatoms. The van der Waals surface area contributed by atoms with Crippen LogP contribution in [0.5, 0.6) is 0 Å². The van der Waals surface area contributed by atoms with Crippen LogP contribution in [0.4, 0.5) is 0 Å². The molecule has 1 N–H and O–H groups in total. The minimum Gasteiger partial charge on any atom is -0.314 e. The van der Waals surface area contributed by atoms with Gasteiger partial charge in [-0.05, 0) is 31.4 Å². The third-order valence-electron chi connectivity index (χ3n) is 3.28. The maximum Gasteiger partial charge on any atom is 0.0938 e. The van der Waals surface area contributed by atoms with Gasteiger partial charge in [-0.15, -0.1) is 11.3 Å². The zero-order valence-electron chi connectivity index (χ0n) is 10.6. The Balaban J connectivity index is 1.92. The minimum absolute atomic E-state index is 0.853. The lowest BCUT2D eigenvalue weighted by molar-refractivity contribution is 0.776. The summed E-state index contributed by atoms with van der Waals surface area (Å²) < 4.78 is 0. The maximum atomic E-state index is 4.81. The standard InChI is InChI=1S/C15H18N2S/c1-16-10-13-15(12-5-3-2-4-6-12)18-14(17-13)9-11-7-8-11/h2-6,11,16H,7-10H2,1H3. The van der Waals surface area contributed by atoms with Crippen molar-refractivity contribution in [1.82, 2.24) is 10.3 Å². The Bertz CT molecular complexity index is 515. The van der Waals surface area contributed by atoms with Crippen LogP contribution in [-0.4, -0.2) is 12.0 Å². The molecule has 1 aromatic carbocycles. The van der Waals surface area contributed by atoms with E-state index in [0.29, 0.717) is 0 Å². The monoisotopic (exact) mass is 258 g/mol. The number of rotatable bonds is 5. The summed E-state index contributed by atoms with van der Waals surface area (Å²) >= 11 is 1.87. The van der Waals surface area contributed by atoms with Crippen molar-refractivity contribution in [3.8, 4) is 10.4 Å².